The second-order valence-electron chi connectivity index (χ2n) is 5.73. The highest BCUT2D eigenvalue weighted by Gasteiger charge is 2.31. The molecule has 3 rings (SSSR count). The maximum Gasteiger partial charge on any atom is 0.409 e. The van der Waals surface area contributed by atoms with Crippen LogP contribution in [0, 0.1) is 6.92 Å². The number of piperazine rings is 1. The van der Waals surface area contributed by atoms with Crippen LogP contribution < -0.4 is 4.74 Å². The Morgan fingerprint density at radius 3 is 2.71 bits per heavy atom. The van der Waals surface area contributed by atoms with Gasteiger partial charge in [0.1, 0.15) is 11.5 Å². The van der Waals surface area contributed by atoms with Gasteiger partial charge in [-0.1, -0.05) is 0 Å². The number of Topliss-reactive ketones (excluding diaryl/α,β-unsaturated/α-hetero) is 1. The molecule has 128 valence electrons. The number of hydrogen-bond donors (Lipinski definition) is 1. The molecule has 1 aromatic rings. The van der Waals surface area contributed by atoms with Gasteiger partial charge in [0.25, 0.3) is 0 Å². The van der Waals surface area contributed by atoms with Crippen LogP contribution in [0.25, 0.3) is 0 Å². The fourth-order valence-corrected chi connectivity index (χ4v) is 2.78. The smallest absolute Gasteiger partial charge is 0.409 e. The predicted octanol–water partition coefficient (Wildman–Crippen LogP) is 1.89. The Balaban J connectivity index is 1.68. The molecule has 0 aromatic heterocycles. The summed E-state index contributed by atoms with van der Waals surface area (Å²) in [7, 11) is 0. The van der Waals surface area contributed by atoms with Gasteiger partial charge in [-0.15, -0.1) is 0 Å². The summed E-state index contributed by atoms with van der Waals surface area (Å²) in [5.74, 6) is 0.562. The molecule has 0 radical (unpaired) electrons. The van der Waals surface area contributed by atoms with Gasteiger partial charge >= 0.3 is 6.09 Å². The van der Waals surface area contributed by atoms with Crippen LogP contribution in [0.5, 0.6) is 11.5 Å². The normalized spacial score (nSPS) is 18.6. The Morgan fingerprint density at radius 2 is 2.04 bits per heavy atom. The molecule has 7 heteroatoms. The summed E-state index contributed by atoms with van der Waals surface area (Å²) >= 11 is 0. The van der Waals surface area contributed by atoms with Crippen LogP contribution in [0.4, 0.5) is 4.79 Å². The van der Waals surface area contributed by atoms with Gasteiger partial charge in [-0.3, -0.25) is 4.79 Å². The average molecular weight is 332 g/mol. The molecule has 0 unspecified atom stereocenters. The summed E-state index contributed by atoms with van der Waals surface area (Å²) < 4.78 is 10.6. The molecule has 2 aliphatic heterocycles. The Labute approximate surface area is 140 Å². The Kier molecular flexibility index (Phi) is 4.33. The Morgan fingerprint density at radius 1 is 1.33 bits per heavy atom. The lowest BCUT2D eigenvalue weighted by molar-refractivity contribution is 0.0875. The van der Waals surface area contributed by atoms with Crippen LogP contribution >= 0.6 is 0 Å². The lowest BCUT2D eigenvalue weighted by Crippen LogP contribution is -2.47. The number of amides is 1. The summed E-state index contributed by atoms with van der Waals surface area (Å²) in [5.41, 5.74) is 1.01. The summed E-state index contributed by atoms with van der Waals surface area (Å²) in [6, 6.07) is 3.07. The van der Waals surface area contributed by atoms with E-state index in [1.165, 1.54) is 6.07 Å². The number of benzene rings is 1. The summed E-state index contributed by atoms with van der Waals surface area (Å²) in [4.78, 5) is 27.7. The number of carbonyl (C=O) groups is 2. The van der Waals surface area contributed by atoms with Crippen molar-refractivity contribution in [2.45, 2.75) is 13.8 Å². The molecular formula is C17H20N2O5. The van der Waals surface area contributed by atoms with E-state index in [0.29, 0.717) is 49.7 Å². The molecule has 0 aliphatic carbocycles. The molecule has 0 bridgehead atoms. The van der Waals surface area contributed by atoms with Crippen LogP contribution in [0.15, 0.2) is 24.1 Å². The molecular weight excluding hydrogens is 312 g/mol. The van der Waals surface area contributed by atoms with Crippen molar-refractivity contribution in [3.8, 4) is 11.5 Å². The SMILES string of the molecule is CCOC(=O)N1CCN(C=C2Oc3c(ccc(O)c3C)C2=O)CC1. The van der Waals surface area contributed by atoms with E-state index in [-0.39, 0.29) is 23.4 Å². The van der Waals surface area contributed by atoms with Gasteiger partial charge in [0, 0.05) is 37.9 Å². The summed E-state index contributed by atoms with van der Waals surface area (Å²) in [6.45, 7) is 6.10. The van der Waals surface area contributed by atoms with Crippen molar-refractivity contribution in [3.05, 3.63) is 35.2 Å². The number of rotatable bonds is 2. The van der Waals surface area contributed by atoms with Gasteiger partial charge in [-0.05, 0) is 26.0 Å². The number of nitrogens with zero attached hydrogens (tertiary/aromatic N) is 2. The van der Waals surface area contributed by atoms with Crippen molar-refractivity contribution in [2.75, 3.05) is 32.8 Å². The van der Waals surface area contributed by atoms with Crippen molar-refractivity contribution in [1.29, 1.82) is 0 Å². The van der Waals surface area contributed by atoms with Crippen LogP contribution in [-0.4, -0.2) is 59.6 Å². The molecule has 1 saturated heterocycles. The number of phenolic OH excluding ortho intramolecular Hbond substituents is 1. The van der Waals surface area contributed by atoms with E-state index < -0.39 is 0 Å². The van der Waals surface area contributed by atoms with Crippen LogP contribution in [0.3, 0.4) is 0 Å². The van der Waals surface area contributed by atoms with Gasteiger partial charge in [0.15, 0.2) is 5.76 Å². The zero-order valence-electron chi connectivity index (χ0n) is 13.7. The number of allylic oxidation sites excluding steroid dienone is 1. The zero-order valence-corrected chi connectivity index (χ0v) is 13.7. The van der Waals surface area contributed by atoms with Crippen molar-refractivity contribution >= 4 is 11.9 Å². The number of ketones is 1. The minimum Gasteiger partial charge on any atom is -0.508 e. The number of aromatic hydroxyl groups is 1. The Bertz CT molecular complexity index is 705. The third-order valence-corrected chi connectivity index (χ3v) is 4.20. The van der Waals surface area contributed by atoms with E-state index in [4.69, 9.17) is 9.47 Å². The molecule has 1 aromatic carbocycles. The topological polar surface area (TPSA) is 79.3 Å². The molecule has 0 spiro atoms. The first-order valence-corrected chi connectivity index (χ1v) is 7.94. The first kappa shape index (κ1) is 16.2. The number of carbonyl (C=O) groups excluding carboxylic acids is 2. The monoisotopic (exact) mass is 332 g/mol. The van der Waals surface area contributed by atoms with E-state index in [9.17, 15) is 14.7 Å². The number of phenols is 1. The molecule has 1 fully saturated rings. The van der Waals surface area contributed by atoms with Crippen LogP contribution in [0.2, 0.25) is 0 Å². The number of hydrogen-bond acceptors (Lipinski definition) is 6. The lowest BCUT2D eigenvalue weighted by atomic mass is 10.1. The molecule has 0 saturated carbocycles. The third-order valence-electron chi connectivity index (χ3n) is 4.20. The molecule has 1 N–H and O–H groups in total. The van der Waals surface area contributed by atoms with Crippen molar-refractivity contribution in [3.63, 3.8) is 0 Å². The summed E-state index contributed by atoms with van der Waals surface area (Å²) in [5, 5.41) is 9.73. The van der Waals surface area contributed by atoms with E-state index in [1.54, 1.807) is 31.0 Å². The maximum absolute atomic E-state index is 12.4. The van der Waals surface area contributed by atoms with Crippen LogP contribution in [0.1, 0.15) is 22.8 Å². The summed E-state index contributed by atoms with van der Waals surface area (Å²) in [6.07, 6.45) is 1.37. The minimum absolute atomic E-state index is 0.103. The van der Waals surface area contributed by atoms with Crippen LogP contribution in [-0.2, 0) is 4.74 Å². The highest BCUT2D eigenvalue weighted by molar-refractivity contribution is 6.12. The lowest BCUT2D eigenvalue weighted by Gasteiger charge is -2.33. The maximum atomic E-state index is 12.4. The van der Waals surface area contributed by atoms with E-state index in [0.717, 1.165) is 0 Å². The minimum atomic E-state index is -0.309. The molecule has 2 heterocycles. The van der Waals surface area contributed by atoms with E-state index in [2.05, 4.69) is 0 Å². The zero-order chi connectivity index (χ0) is 17.3. The quantitative estimate of drug-likeness (QED) is 0.833. The van der Waals surface area contributed by atoms with Crippen molar-refractivity contribution < 1.29 is 24.2 Å². The highest BCUT2D eigenvalue weighted by Crippen LogP contribution is 2.38. The molecule has 1 amide bonds. The standard InChI is InChI=1S/C17H20N2O5/c1-3-23-17(22)19-8-6-18(7-9-19)10-14-15(21)12-4-5-13(20)11(2)16(12)24-14/h4-5,10,20H,3,6-9H2,1-2H3. The molecule has 24 heavy (non-hydrogen) atoms. The van der Waals surface area contributed by atoms with Gasteiger partial charge in [0.05, 0.1) is 12.2 Å². The largest absolute Gasteiger partial charge is 0.508 e. The predicted molar refractivity (Wildman–Crippen MR) is 86.1 cm³/mol. The number of fused-ring (bicyclic) bond motifs is 1. The van der Waals surface area contributed by atoms with Gasteiger partial charge in [-0.2, -0.15) is 0 Å². The third kappa shape index (κ3) is 2.89. The van der Waals surface area contributed by atoms with E-state index >= 15 is 0 Å². The first-order chi connectivity index (χ1) is 11.5. The number of ether oxygens (including phenoxy) is 2. The molecule has 7 nitrogen and oxygen atoms in total. The van der Waals surface area contributed by atoms with Crippen molar-refractivity contribution in [2.24, 2.45) is 0 Å². The first-order valence-electron chi connectivity index (χ1n) is 7.94. The second kappa shape index (κ2) is 6.43. The second-order valence-corrected chi connectivity index (χ2v) is 5.73. The average Bonchev–Trinajstić information content (AvgIpc) is 2.89. The van der Waals surface area contributed by atoms with Gasteiger partial charge < -0.3 is 24.4 Å². The van der Waals surface area contributed by atoms with Crippen molar-refractivity contribution in [1.82, 2.24) is 9.80 Å². The van der Waals surface area contributed by atoms with E-state index in [1.807, 2.05) is 4.90 Å². The molecule has 0 atom stereocenters. The fraction of sp³-hybridized carbons (Fsp3) is 0.412. The highest BCUT2D eigenvalue weighted by atomic mass is 16.6. The van der Waals surface area contributed by atoms with Gasteiger partial charge in [0.2, 0.25) is 5.78 Å². The fourth-order valence-electron chi connectivity index (χ4n) is 2.78. The molecule has 2 aliphatic rings. The van der Waals surface area contributed by atoms with Gasteiger partial charge in [-0.25, -0.2) is 4.79 Å². The Hall–Kier alpha value is -2.70.